The van der Waals surface area contributed by atoms with E-state index in [9.17, 15) is 0 Å². The van der Waals surface area contributed by atoms with Crippen molar-refractivity contribution in [2.75, 3.05) is 0 Å². The molecule has 17 heavy (non-hydrogen) atoms. The van der Waals surface area contributed by atoms with Gasteiger partial charge in [-0.2, -0.15) is 0 Å². The summed E-state index contributed by atoms with van der Waals surface area (Å²) in [6, 6.07) is 0. The summed E-state index contributed by atoms with van der Waals surface area (Å²) in [7, 11) is 0. The van der Waals surface area contributed by atoms with Crippen molar-refractivity contribution in [3.8, 4) is 0 Å². The molecule has 1 saturated carbocycles. The van der Waals surface area contributed by atoms with Gasteiger partial charge in [0.15, 0.2) is 0 Å². The first-order valence-corrected chi connectivity index (χ1v) is 7.20. The van der Waals surface area contributed by atoms with Crippen molar-refractivity contribution in [2.24, 2.45) is 0 Å². The quantitative estimate of drug-likeness (QED) is 0.738. The number of fused-ring (bicyclic) bond motifs is 1. The summed E-state index contributed by atoms with van der Waals surface area (Å²) in [6.07, 6.45) is 7.93. The summed E-state index contributed by atoms with van der Waals surface area (Å²) < 4.78 is 0. The van der Waals surface area contributed by atoms with Crippen molar-refractivity contribution in [3.05, 3.63) is 28.1 Å². The Bertz CT molecular complexity index is 441. The van der Waals surface area contributed by atoms with Gasteiger partial charge in [0.25, 0.3) is 0 Å². The van der Waals surface area contributed by atoms with Crippen molar-refractivity contribution in [1.29, 1.82) is 0 Å². The molecule has 0 bridgehead atoms. The van der Waals surface area contributed by atoms with Crippen LogP contribution >= 0.6 is 0 Å². The minimum absolute atomic E-state index is 0.656. The number of rotatable bonds is 2. The first-order chi connectivity index (χ1) is 8.18. The van der Waals surface area contributed by atoms with Crippen molar-refractivity contribution in [1.82, 2.24) is 4.98 Å². The Morgan fingerprint density at radius 2 is 1.88 bits per heavy atom. The van der Waals surface area contributed by atoms with E-state index in [0.717, 1.165) is 5.92 Å². The largest absolute Gasteiger partial charge is 0.257 e. The fourth-order valence-corrected chi connectivity index (χ4v) is 3.60. The number of hydrogen-bond donors (Lipinski definition) is 0. The maximum atomic E-state index is 5.02. The molecule has 2 aliphatic rings. The van der Waals surface area contributed by atoms with Gasteiger partial charge in [0.1, 0.15) is 0 Å². The Morgan fingerprint density at radius 3 is 2.47 bits per heavy atom. The maximum absolute atomic E-state index is 5.02. The lowest BCUT2D eigenvalue weighted by molar-refractivity contribution is 0.408. The van der Waals surface area contributed by atoms with Crippen LogP contribution in [0.4, 0.5) is 0 Å². The van der Waals surface area contributed by atoms with E-state index in [4.69, 9.17) is 4.98 Å². The molecule has 1 aromatic heterocycles. The molecule has 1 heterocycles. The van der Waals surface area contributed by atoms with Crippen LogP contribution in [-0.4, -0.2) is 4.98 Å². The standard InChI is InChI=1S/C16H23N/c1-10(2)15-11(3)16(12-6-4-7-12)17-14-9-5-8-13(14)15/h10,12H,4-9H2,1-3H3. The van der Waals surface area contributed by atoms with Gasteiger partial charge in [0.05, 0.1) is 0 Å². The van der Waals surface area contributed by atoms with Gasteiger partial charge in [-0.05, 0) is 61.6 Å². The Morgan fingerprint density at radius 1 is 1.12 bits per heavy atom. The minimum Gasteiger partial charge on any atom is -0.257 e. The first kappa shape index (κ1) is 11.3. The van der Waals surface area contributed by atoms with Crippen LogP contribution in [0, 0.1) is 6.92 Å². The molecule has 0 unspecified atom stereocenters. The van der Waals surface area contributed by atoms with E-state index < -0.39 is 0 Å². The van der Waals surface area contributed by atoms with Crippen LogP contribution in [-0.2, 0) is 12.8 Å². The van der Waals surface area contributed by atoms with E-state index in [-0.39, 0.29) is 0 Å². The van der Waals surface area contributed by atoms with Gasteiger partial charge < -0.3 is 0 Å². The second-order valence-electron chi connectivity index (χ2n) is 6.10. The first-order valence-electron chi connectivity index (χ1n) is 7.20. The number of aryl methyl sites for hydroxylation is 1. The topological polar surface area (TPSA) is 12.9 Å². The molecular formula is C16H23N. The fourth-order valence-electron chi connectivity index (χ4n) is 3.60. The van der Waals surface area contributed by atoms with E-state index in [0.29, 0.717) is 5.92 Å². The molecule has 0 radical (unpaired) electrons. The monoisotopic (exact) mass is 229 g/mol. The zero-order valence-corrected chi connectivity index (χ0v) is 11.3. The molecule has 0 saturated heterocycles. The van der Waals surface area contributed by atoms with Crippen molar-refractivity contribution < 1.29 is 0 Å². The molecule has 1 aromatic rings. The van der Waals surface area contributed by atoms with Crippen LogP contribution in [0.2, 0.25) is 0 Å². The second kappa shape index (κ2) is 4.12. The summed E-state index contributed by atoms with van der Waals surface area (Å²) in [6.45, 7) is 6.99. The van der Waals surface area contributed by atoms with Gasteiger partial charge in [-0.1, -0.05) is 20.3 Å². The van der Waals surface area contributed by atoms with E-state index in [1.165, 1.54) is 55.5 Å². The summed E-state index contributed by atoms with van der Waals surface area (Å²) in [5.41, 5.74) is 7.63. The number of nitrogens with zero attached hydrogens (tertiary/aromatic N) is 1. The van der Waals surface area contributed by atoms with Gasteiger partial charge in [0.2, 0.25) is 0 Å². The third kappa shape index (κ3) is 1.71. The van der Waals surface area contributed by atoms with Crippen LogP contribution in [0.1, 0.15) is 79.4 Å². The van der Waals surface area contributed by atoms with Crippen LogP contribution in [0.15, 0.2) is 0 Å². The van der Waals surface area contributed by atoms with Crippen LogP contribution in [0.3, 0.4) is 0 Å². The molecule has 0 aromatic carbocycles. The maximum Gasteiger partial charge on any atom is 0.0470 e. The van der Waals surface area contributed by atoms with Crippen molar-refractivity contribution in [2.45, 2.75) is 71.1 Å². The highest BCUT2D eigenvalue weighted by molar-refractivity contribution is 5.45. The third-order valence-corrected chi connectivity index (χ3v) is 4.63. The van der Waals surface area contributed by atoms with Crippen LogP contribution < -0.4 is 0 Å². The Labute approximate surface area is 105 Å². The molecule has 0 N–H and O–H groups in total. The van der Waals surface area contributed by atoms with Gasteiger partial charge in [-0.15, -0.1) is 0 Å². The summed E-state index contributed by atoms with van der Waals surface area (Å²) in [5, 5.41) is 0. The molecule has 0 amide bonds. The van der Waals surface area contributed by atoms with Crippen molar-refractivity contribution in [3.63, 3.8) is 0 Å². The molecule has 1 nitrogen and oxygen atoms in total. The van der Waals surface area contributed by atoms with Crippen LogP contribution in [0.25, 0.3) is 0 Å². The minimum atomic E-state index is 0.656. The molecule has 1 heteroatoms. The SMILES string of the molecule is Cc1c(C2CCC2)nc2c(c1C(C)C)CCC2. The second-order valence-corrected chi connectivity index (χ2v) is 6.10. The average molecular weight is 229 g/mol. The smallest absolute Gasteiger partial charge is 0.0470 e. The van der Waals surface area contributed by atoms with Gasteiger partial charge in [-0.25, -0.2) is 0 Å². The molecule has 3 rings (SSSR count). The Balaban J connectivity index is 2.14. The summed E-state index contributed by atoms with van der Waals surface area (Å²) in [5.74, 6) is 1.43. The highest BCUT2D eigenvalue weighted by Crippen LogP contribution is 2.41. The van der Waals surface area contributed by atoms with Crippen molar-refractivity contribution >= 4 is 0 Å². The molecule has 0 spiro atoms. The van der Waals surface area contributed by atoms with Gasteiger partial charge in [-0.3, -0.25) is 4.98 Å². The number of aromatic nitrogens is 1. The Hall–Kier alpha value is -0.850. The molecule has 0 atom stereocenters. The van der Waals surface area contributed by atoms with E-state index >= 15 is 0 Å². The lowest BCUT2D eigenvalue weighted by atomic mass is 9.78. The fraction of sp³-hybridized carbons (Fsp3) is 0.688. The van der Waals surface area contributed by atoms with Crippen LogP contribution in [0.5, 0.6) is 0 Å². The highest BCUT2D eigenvalue weighted by atomic mass is 14.7. The van der Waals surface area contributed by atoms with Gasteiger partial charge >= 0.3 is 0 Å². The zero-order chi connectivity index (χ0) is 12.0. The highest BCUT2D eigenvalue weighted by Gasteiger charge is 2.28. The molecular weight excluding hydrogens is 206 g/mol. The summed E-state index contributed by atoms with van der Waals surface area (Å²) in [4.78, 5) is 5.02. The molecule has 92 valence electrons. The molecule has 0 aliphatic heterocycles. The lowest BCUT2D eigenvalue weighted by Gasteiger charge is -2.29. The molecule has 1 fully saturated rings. The predicted octanol–water partition coefficient (Wildman–Crippen LogP) is 4.27. The average Bonchev–Trinajstić information content (AvgIpc) is 2.62. The third-order valence-electron chi connectivity index (χ3n) is 4.63. The molecule has 2 aliphatic carbocycles. The number of pyridine rings is 1. The Kier molecular flexibility index (Phi) is 2.72. The number of hydrogen-bond acceptors (Lipinski definition) is 1. The lowest BCUT2D eigenvalue weighted by Crippen LogP contribution is -2.16. The zero-order valence-electron chi connectivity index (χ0n) is 11.3. The van der Waals surface area contributed by atoms with E-state index in [2.05, 4.69) is 20.8 Å². The van der Waals surface area contributed by atoms with E-state index in [1.54, 1.807) is 11.1 Å². The van der Waals surface area contributed by atoms with Gasteiger partial charge in [0, 0.05) is 17.3 Å². The normalized spacial score (nSPS) is 19.5. The predicted molar refractivity (Wildman–Crippen MR) is 71.7 cm³/mol. The van der Waals surface area contributed by atoms with E-state index in [1.807, 2.05) is 0 Å². The summed E-state index contributed by atoms with van der Waals surface area (Å²) >= 11 is 0.